The van der Waals surface area contributed by atoms with Crippen molar-refractivity contribution in [3.8, 4) is 0 Å². The van der Waals surface area contributed by atoms with E-state index in [1.807, 2.05) is 13.0 Å². The van der Waals surface area contributed by atoms with Gasteiger partial charge in [0.15, 0.2) is 0 Å². The van der Waals surface area contributed by atoms with E-state index < -0.39 is 11.5 Å². The van der Waals surface area contributed by atoms with Crippen LogP contribution in [0.4, 0.5) is 0 Å². The van der Waals surface area contributed by atoms with Gasteiger partial charge in [-0.2, -0.15) is 0 Å². The average molecular weight is 279 g/mol. The smallest absolute Gasteiger partial charge is 0.329 e. The largest absolute Gasteiger partial charge is 0.480 e. The van der Waals surface area contributed by atoms with E-state index in [9.17, 15) is 14.7 Å². The highest BCUT2D eigenvalue weighted by Gasteiger charge is 2.42. The first-order valence-corrected chi connectivity index (χ1v) is 7.09. The summed E-state index contributed by atoms with van der Waals surface area (Å²) in [5.74, 6) is -0.0833. The molecular formula is C15H21NO4. The third kappa shape index (κ3) is 3.40. The molecule has 1 amide bonds. The number of furan rings is 1. The summed E-state index contributed by atoms with van der Waals surface area (Å²) < 4.78 is 5.17. The predicted molar refractivity (Wildman–Crippen MR) is 73.2 cm³/mol. The number of aryl methyl sites for hydroxylation is 1. The van der Waals surface area contributed by atoms with Gasteiger partial charge in [0.1, 0.15) is 11.3 Å². The lowest BCUT2D eigenvalue weighted by Crippen LogP contribution is -2.56. The van der Waals surface area contributed by atoms with Gasteiger partial charge < -0.3 is 14.8 Å². The lowest BCUT2D eigenvalue weighted by atomic mass is 9.76. The van der Waals surface area contributed by atoms with Crippen molar-refractivity contribution in [3.05, 3.63) is 24.2 Å². The number of hydrogen-bond donors (Lipinski definition) is 2. The third-order valence-electron chi connectivity index (χ3n) is 3.96. The van der Waals surface area contributed by atoms with Crippen LogP contribution in [0.1, 0.15) is 44.8 Å². The second-order valence-electron chi connectivity index (χ2n) is 5.72. The van der Waals surface area contributed by atoms with E-state index in [4.69, 9.17) is 4.42 Å². The highest BCUT2D eigenvalue weighted by molar-refractivity contribution is 5.87. The fraction of sp³-hybridized carbons (Fsp3) is 0.600. The van der Waals surface area contributed by atoms with Gasteiger partial charge in [0.05, 0.1) is 6.26 Å². The molecule has 1 heterocycles. The molecule has 1 aliphatic carbocycles. The molecule has 2 atom stereocenters. The topological polar surface area (TPSA) is 79.5 Å². The molecule has 5 heteroatoms. The van der Waals surface area contributed by atoms with Crippen molar-refractivity contribution in [2.45, 2.75) is 51.0 Å². The minimum Gasteiger partial charge on any atom is -0.480 e. The Balaban J connectivity index is 1.94. The Morgan fingerprint density at radius 1 is 1.55 bits per heavy atom. The summed E-state index contributed by atoms with van der Waals surface area (Å²) >= 11 is 0. The number of carbonyl (C=O) groups is 2. The summed E-state index contributed by atoms with van der Waals surface area (Å²) in [6, 6.07) is 3.58. The van der Waals surface area contributed by atoms with Crippen LogP contribution in [-0.2, 0) is 16.0 Å². The van der Waals surface area contributed by atoms with Crippen LogP contribution in [0.25, 0.3) is 0 Å². The third-order valence-corrected chi connectivity index (χ3v) is 3.96. The Morgan fingerprint density at radius 3 is 2.95 bits per heavy atom. The second kappa shape index (κ2) is 6.11. The van der Waals surface area contributed by atoms with Crippen molar-refractivity contribution < 1.29 is 19.1 Å². The number of aliphatic carboxylic acids is 1. The number of carboxylic acid groups (broad SMARTS) is 1. The van der Waals surface area contributed by atoms with Crippen molar-refractivity contribution in [1.29, 1.82) is 0 Å². The molecule has 0 saturated heterocycles. The summed E-state index contributed by atoms with van der Waals surface area (Å²) in [7, 11) is 0. The van der Waals surface area contributed by atoms with Crippen LogP contribution >= 0.6 is 0 Å². The van der Waals surface area contributed by atoms with Crippen molar-refractivity contribution in [1.82, 2.24) is 5.32 Å². The average Bonchev–Trinajstić information content (AvgIpc) is 2.89. The van der Waals surface area contributed by atoms with Crippen LogP contribution in [0.3, 0.4) is 0 Å². The van der Waals surface area contributed by atoms with Gasteiger partial charge in [-0.25, -0.2) is 4.79 Å². The molecule has 1 aromatic rings. The predicted octanol–water partition coefficient (Wildman–Crippen LogP) is 2.36. The second-order valence-corrected chi connectivity index (χ2v) is 5.72. The quantitative estimate of drug-likeness (QED) is 0.867. The molecule has 0 aromatic carbocycles. The van der Waals surface area contributed by atoms with Gasteiger partial charge in [-0.05, 0) is 30.9 Å². The summed E-state index contributed by atoms with van der Waals surface area (Å²) in [5.41, 5.74) is -1.09. The fourth-order valence-electron chi connectivity index (χ4n) is 2.93. The van der Waals surface area contributed by atoms with E-state index in [0.717, 1.165) is 18.6 Å². The Labute approximate surface area is 118 Å². The van der Waals surface area contributed by atoms with Gasteiger partial charge in [0, 0.05) is 12.8 Å². The Kier molecular flexibility index (Phi) is 4.47. The monoisotopic (exact) mass is 279 g/mol. The molecule has 0 aliphatic heterocycles. The number of amides is 1. The first-order valence-electron chi connectivity index (χ1n) is 7.09. The van der Waals surface area contributed by atoms with Crippen molar-refractivity contribution >= 4 is 11.9 Å². The van der Waals surface area contributed by atoms with Gasteiger partial charge in [-0.15, -0.1) is 0 Å². The molecule has 0 spiro atoms. The zero-order valence-corrected chi connectivity index (χ0v) is 11.7. The lowest BCUT2D eigenvalue weighted by Gasteiger charge is -2.37. The number of hydrogen-bond acceptors (Lipinski definition) is 3. The summed E-state index contributed by atoms with van der Waals surface area (Å²) in [5, 5.41) is 12.2. The minimum absolute atomic E-state index is 0.224. The van der Waals surface area contributed by atoms with Crippen molar-refractivity contribution in [2.75, 3.05) is 0 Å². The van der Waals surface area contributed by atoms with E-state index >= 15 is 0 Å². The van der Waals surface area contributed by atoms with Crippen LogP contribution in [0.5, 0.6) is 0 Å². The molecule has 1 saturated carbocycles. The number of carboxylic acids is 1. The highest BCUT2D eigenvalue weighted by Crippen LogP contribution is 2.32. The number of nitrogens with one attached hydrogen (secondary N) is 1. The Bertz CT molecular complexity index is 468. The molecule has 0 radical (unpaired) electrons. The zero-order valence-electron chi connectivity index (χ0n) is 11.7. The van der Waals surface area contributed by atoms with Crippen LogP contribution in [-0.4, -0.2) is 22.5 Å². The van der Waals surface area contributed by atoms with Crippen LogP contribution in [0, 0.1) is 5.92 Å². The first kappa shape index (κ1) is 14.6. The van der Waals surface area contributed by atoms with E-state index in [-0.39, 0.29) is 12.3 Å². The van der Waals surface area contributed by atoms with Crippen LogP contribution in [0.15, 0.2) is 22.8 Å². The summed E-state index contributed by atoms with van der Waals surface area (Å²) in [4.78, 5) is 23.6. The summed E-state index contributed by atoms with van der Waals surface area (Å²) in [6.07, 6.45) is 5.19. The molecule has 2 N–H and O–H groups in total. The SMILES string of the molecule is CC1CCCC(NC(=O)CCc2ccco2)(C(=O)O)C1. The van der Waals surface area contributed by atoms with Crippen LogP contribution < -0.4 is 5.32 Å². The van der Waals surface area contributed by atoms with Gasteiger partial charge in [0.2, 0.25) is 5.91 Å². The zero-order chi connectivity index (χ0) is 14.6. The van der Waals surface area contributed by atoms with Gasteiger partial charge in [0.25, 0.3) is 0 Å². The maximum Gasteiger partial charge on any atom is 0.329 e. The first-order chi connectivity index (χ1) is 9.52. The molecule has 0 bridgehead atoms. The standard InChI is InChI=1S/C15H21NO4/c1-11-4-2-8-15(10-11,14(18)19)16-13(17)7-6-12-5-3-9-20-12/h3,5,9,11H,2,4,6-8,10H2,1H3,(H,16,17)(H,18,19). The molecule has 1 aromatic heterocycles. The summed E-state index contributed by atoms with van der Waals surface area (Å²) in [6.45, 7) is 2.03. The molecular weight excluding hydrogens is 258 g/mol. The van der Waals surface area contributed by atoms with E-state index in [1.54, 1.807) is 12.3 Å². The molecule has 110 valence electrons. The molecule has 5 nitrogen and oxygen atoms in total. The molecule has 2 rings (SSSR count). The fourth-order valence-corrected chi connectivity index (χ4v) is 2.93. The Morgan fingerprint density at radius 2 is 2.35 bits per heavy atom. The maximum absolute atomic E-state index is 12.0. The van der Waals surface area contributed by atoms with Gasteiger partial charge >= 0.3 is 5.97 Å². The van der Waals surface area contributed by atoms with E-state index in [0.29, 0.717) is 25.2 Å². The van der Waals surface area contributed by atoms with Crippen LogP contribution in [0.2, 0.25) is 0 Å². The highest BCUT2D eigenvalue weighted by atomic mass is 16.4. The molecule has 1 aliphatic rings. The van der Waals surface area contributed by atoms with Gasteiger partial charge in [-0.1, -0.05) is 19.8 Å². The molecule has 1 fully saturated rings. The maximum atomic E-state index is 12.0. The number of rotatable bonds is 5. The van der Waals surface area contributed by atoms with Crippen molar-refractivity contribution in [3.63, 3.8) is 0 Å². The van der Waals surface area contributed by atoms with Gasteiger partial charge in [-0.3, -0.25) is 4.79 Å². The molecule has 20 heavy (non-hydrogen) atoms. The van der Waals surface area contributed by atoms with E-state index in [2.05, 4.69) is 5.32 Å². The minimum atomic E-state index is -1.09. The molecule has 2 unspecified atom stereocenters. The lowest BCUT2D eigenvalue weighted by molar-refractivity contribution is -0.150. The normalized spacial score (nSPS) is 26.1. The number of carbonyl (C=O) groups excluding carboxylic acids is 1. The Hall–Kier alpha value is -1.78. The van der Waals surface area contributed by atoms with E-state index in [1.165, 1.54) is 0 Å². The van der Waals surface area contributed by atoms with Crippen molar-refractivity contribution in [2.24, 2.45) is 5.92 Å².